The summed E-state index contributed by atoms with van der Waals surface area (Å²) >= 11 is 3.47. The van der Waals surface area contributed by atoms with Crippen molar-refractivity contribution < 1.29 is 4.79 Å². The van der Waals surface area contributed by atoms with Gasteiger partial charge in [-0.25, -0.2) is 4.79 Å². The number of anilines is 2. The van der Waals surface area contributed by atoms with Crippen LogP contribution in [-0.2, 0) is 6.54 Å². The Hall–Kier alpha value is -2.01. The molecule has 0 fully saturated rings. The highest BCUT2D eigenvalue weighted by Crippen LogP contribution is 2.18. The van der Waals surface area contributed by atoms with E-state index in [0.29, 0.717) is 6.54 Å². The molecule has 0 bridgehead atoms. The van der Waals surface area contributed by atoms with Gasteiger partial charge in [-0.3, -0.25) is 0 Å². The van der Waals surface area contributed by atoms with E-state index in [4.69, 9.17) is 0 Å². The molecule has 2 N–H and O–H groups in total. The highest BCUT2D eigenvalue weighted by atomic mass is 79.9. The number of nitrogens with zero attached hydrogens (tertiary/aromatic N) is 1. The van der Waals surface area contributed by atoms with E-state index >= 15 is 0 Å². The zero-order valence-electron chi connectivity index (χ0n) is 13.5. The molecular weight excluding hydrogens is 354 g/mol. The molecule has 2 aromatic rings. The molecule has 0 aliphatic rings. The van der Waals surface area contributed by atoms with E-state index in [-0.39, 0.29) is 6.03 Å². The second kappa shape index (κ2) is 8.58. The van der Waals surface area contributed by atoms with Crippen LogP contribution in [0, 0.1) is 0 Å². The van der Waals surface area contributed by atoms with E-state index in [0.717, 1.165) is 34.5 Å². The highest BCUT2D eigenvalue weighted by molar-refractivity contribution is 9.10. The Balaban J connectivity index is 1.89. The van der Waals surface area contributed by atoms with Crippen molar-refractivity contribution in [2.24, 2.45) is 0 Å². The maximum absolute atomic E-state index is 12.0. The zero-order chi connectivity index (χ0) is 16.7. The summed E-state index contributed by atoms with van der Waals surface area (Å²) in [5.74, 6) is 0. The van der Waals surface area contributed by atoms with Crippen molar-refractivity contribution >= 4 is 33.3 Å². The number of carbonyl (C=O) groups excluding carboxylic acids is 1. The van der Waals surface area contributed by atoms with Gasteiger partial charge >= 0.3 is 6.03 Å². The van der Waals surface area contributed by atoms with Gasteiger partial charge in [0, 0.05) is 35.5 Å². The van der Waals surface area contributed by atoms with Crippen LogP contribution in [0.5, 0.6) is 0 Å². The Morgan fingerprint density at radius 2 is 1.70 bits per heavy atom. The standard InChI is InChI=1S/C18H22BrN3O/c1-3-22(4-2)16-11-9-15(10-12-16)21-18(23)20-13-14-7-5-6-8-17(14)19/h5-12H,3-4,13H2,1-2H3,(H2,20,21,23). The van der Waals surface area contributed by atoms with Crippen LogP contribution in [0.3, 0.4) is 0 Å². The Labute approximate surface area is 146 Å². The quantitative estimate of drug-likeness (QED) is 0.773. The number of rotatable bonds is 6. The SMILES string of the molecule is CCN(CC)c1ccc(NC(=O)NCc2ccccc2Br)cc1. The number of amides is 2. The summed E-state index contributed by atoms with van der Waals surface area (Å²) < 4.78 is 0.990. The summed E-state index contributed by atoms with van der Waals surface area (Å²) in [7, 11) is 0. The average Bonchev–Trinajstić information content (AvgIpc) is 2.57. The number of hydrogen-bond donors (Lipinski definition) is 2. The Kier molecular flexibility index (Phi) is 6.47. The van der Waals surface area contributed by atoms with E-state index in [9.17, 15) is 4.79 Å². The van der Waals surface area contributed by atoms with Gasteiger partial charge in [-0.05, 0) is 49.7 Å². The third-order valence-corrected chi connectivity index (χ3v) is 4.42. The zero-order valence-corrected chi connectivity index (χ0v) is 15.1. The first kappa shape index (κ1) is 17.3. The number of benzene rings is 2. The van der Waals surface area contributed by atoms with E-state index in [1.54, 1.807) is 0 Å². The van der Waals surface area contributed by atoms with E-state index in [1.807, 2.05) is 48.5 Å². The van der Waals surface area contributed by atoms with Gasteiger partial charge in [-0.2, -0.15) is 0 Å². The molecule has 0 aliphatic heterocycles. The van der Waals surface area contributed by atoms with Gasteiger partial charge in [-0.15, -0.1) is 0 Å². The number of nitrogens with one attached hydrogen (secondary N) is 2. The molecule has 0 atom stereocenters. The maximum atomic E-state index is 12.0. The second-order valence-electron chi connectivity index (χ2n) is 5.12. The molecule has 5 heteroatoms. The summed E-state index contributed by atoms with van der Waals surface area (Å²) in [5.41, 5.74) is 2.99. The Bertz CT molecular complexity index is 639. The monoisotopic (exact) mass is 375 g/mol. The van der Waals surface area contributed by atoms with Crippen molar-refractivity contribution in [2.45, 2.75) is 20.4 Å². The van der Waals surface area contributed by atoms with Gasteiger partial charge in [0.05, 0.1) is 0 Å². The summed E-state index contributed by atoms with van der Waals surface area (Å²) in [5, 5.41) is 5.71. The van der Waals surface area contributed by atoms with Crippen molar-refractivity contribution in [2.75, 3.05) is 23.3 Å². The molecule has 0 heterocycles. The number of carbonyl (C=O) groups is 1. The minimum absolute atomic E-state index is 0.212. The molecule has 122 valence electrons. The number of hydrogen-bond acceptors (Lipinski definition) is 2. The first-order valence-electron chi connectivity index (χ1n) is 7.77. The molecule has 0 aliphatic carbocycles. The van der Waals surface area contributed by atoms with E-state index < -0.39 is 0 Å². The van der Waals surface area contributed by atoms with Crippen LogP contribution in [0.2, 0.25) is 0 Å². The molecule has 2 amide bonds. The maximum Gasteiger partial charge on any atom is 0.319 e. The van der Waals surface area contributed by atoms with Crippen molar-refractivity contribution in [3.05, 3.63) is 58.6 Å². The molecule has 2 aromatic carbocycles. The van der Waals surface area contributed by atoms with Crippen LogP contribution in [-0.4, -0.2) is 19.1 Å². The molecule has 0 saturated carbocycles. The van der Waals surface area contributed by atoms with Gasteiger partial charge in [0.2, 0.25) is 0 Å². The summed E-state index contributed by atoms with van der Waals surface area (Å²) in [4.78, 5) is 14.2. The van der Waals surface area contributed by atoms with Crippen molar-refractivity contribution in [1.29, 1.82) is 0 Å². The van der Waals surface area contributed by atoms with Crippen LogP contribution in [0.25, 0.3) is 0 Å². The summed E-state index contributed by atoms with van der Waals surface area (Å²) in [6.07, 6.45) is 0. The molecule has 0 aromatic heterocycles. The first-order chi connectivity index (χ1) is 11.1. The Morgan fingerprint density at radius 1 is 1.04 bits per heavy atom. The normalized spacial score (nSPS) is 10.2. The molecule has 0 radical (unpaired) electrons. The van der Waals surface area contributed by atoms with Crippen molar-refractivity contribution in [1.82, 2.24) is 5.32 Å². The lowest BCUT2D eigenvalue weighted by atomic mass is 10.2. The summed E-state index contributed by atoms with van der Waals surface area (Å²) in [6, 6.07) is 15.5. The molecule has 0 unspecified atom stereocenters. The minimum Gasteiger partial charge on any atom is -0.372 e. The minimum atomic E-state index is -0.212. The fraction of sp³-hybridized carbons (Fsp3) is 0.278. The van der Waals surface area contributed by atoms with Crippen molar-refractivity contribution in [3.63, 3.8) is 0 Å². The molecule has 4 nitrogen and oxygen atoms in total. The second-order valence-corrected chi connectivity index (χ2v) is 5.97. The van der Waals surface area contributed by atoms with Crippen LogP contribution in [0.15, 0.2) is 53.0 Å². The largest absolute Gasteiger partial charge is 0.372 e. The topological polar surface area (TPSA) is 44.4 Å². The van der Waals surface area contributed by atoms with Crippen molar-refractivity contribution in [3.8, 4) is 0 Å². The lowest BCUT2D eigenvalue weighted by Crippen LogP contribution is -2.28. The Morgan fingerprint density at radius 3 is 2.30 bits per heavy atom. The predicted molar refractivity (Wildman–Crippen MR) is 100 cm³/mol. The molecular formula is C18H22BrN3O. The van der Waals surface area contributed by atoms with Gasteiger partial charge in [0.15, 0.2) is 0 Å². The fourth-order valence-corrected chi connectivity index (χ4v) is 2.76. The smallest absolute Gasteiger partial charge is 0.319 e. The number of urea groups is 1. The van der Waals surface area contributed by atoms with Crippen LogP contribution in [0.4, 0.5) is 16.2 Å². The predicted octanol–water partition coefficient (Wildman–Crippen LogP) is 4.62. The third kappa shape index (κ3) is 4.99. The lowest BCUT2D eigenvalue weighted by molar-refractivity contribution is 0.251. The van der Waals surface area contributed by atoms with Crippen LogP contribution >= 0.6 is 15.9 Å². The first-order valence-corrected chi connectivity index (χ1v) is 8.56. The highest BCUT2D eigenvalue weighted by Gasteiger charge is 2.05. The molecule has 23 heavy (non-hydrogen) atoms. The van der Waals surface area contributed by atoms with Gasteiger partial charge < -0.3 is 15.5 Å². The lowest BCUT2D eigenvalue weighted by Gasteiger charge is -2.21. The summed E-state index contributed by atoms with van der Waals surface area (Å²) in [6.45, 7) is 6.67. The van der Waals surface area contributed by atoms with Gasteiger partial charge in [0.1, 0.15) is 0 Å². The van der Waals surface area contributed by atoms with Gasteiger partial charge in [0.25, 0.3) is 0 Å². The molecule has 2 rings (SSSR count). The average molecular weight is 376 g/mol. The number of halogens is 1. The fourth-order valence-electron chi connectivity index (χ4n) is 2.34. The molecule has 0 spiro atoms. The van der Waals surface area contributed by atoms with Crippen LogP contribution < -0.4 is 15.5 Å². The van der Waals surface area contributed by atoms with Gasteiger partial charge in [-0.1, -0.05) is 34.1 Å². The molecule has 0 saturated heterocycles. The van der Waals surface area contributed by atoms with E-state index in [1.165, 1.54) is 0 Å². The third-order valence-electron chi connectivity index (χ3n) is 3.65. The van der Waals surface area contributed by atoms with Crippen LogP contribution in [0.1, 0.15) is 19.4 Å². The van der Waals surface area contributed by atoms with E-state index in [2.05, 4.69) is 45.3 Å².